The summed E-state index contributed by atoms with van der Waals surface area (Å²) >= 11 is 0. The maximum atomic E-state index is 13.2. The van der Waals surface area contributed by atoms with Gasteiger partial charge in [0, 0.05) is 40.3 Å². The lowest BCUT2D eigenvalue weighted by atomic mass is 10.1. The van der Waals surface area contributed by atoms with Crippen molar-refractivity contribution in [3.05, 3.63) is 18.2 Å². The molecule has 3 rings (SSSR count). The molecule has 0 saturated carbocycles. The van der Waals surface area contributed by atoms with E-state index in [0.717, 1.165) is 24.9 Å². The Hall–Kier alpha value is -1.84. The molecule has 2 fully saturated rings. The maximum absolute atomic E-state index is 13.2. The molecule has 3 atom stereocenters. The fraction of sp³-hybridized carbons (Fsp3) is 0.682. The second kappa shape index (κ2) is 9.75. The standard InChI is InChI=1S/C22H36N4O4S/c1-16-14-25(15-17(2)30-16)22(27)18(3)23-20-13-19(9-10-21(20)24(4)5)31(28,29)26-11-7-6-8-12-26/h9-10,13,16-18,23H,6-8,11-12,14-15H2,1-5H3. The van der Waals surface area contributed by atoms with E-state index < -0.39 is 16.1 Å². The topological polar surface area (TPSA) is 82.2 Å². The summed E-state index contributed by atoms with van der Waals surface area (Å²) in [5.41, 5.74) is 1.47. The number of hydrogen-bond acceptors (Lipinski definition) is 6. The van der Waals surface area contributed by atoms with Crippen LogP contribution in [0.15, 0.2) is 23.1 Å². The third-order valence-corrected chi connectivity index (χ3v) is 7.77. The maximum Gasteiger partial charge on any atom is 0.244 e. The Bertz CT molecular complexity index is 873. The average molecular weight is 453 g/mol. The number of morpholine rings is 1. The summed E-state index contributed by atoms with van der Waals surface area (Å²) in [6, 6.07) is 4.62. The van der Waals surface area contributed by atoms with Gasteiger partial charge in [0.25, 0.3) is 0 Å². The molecule has 1 N–H and O–H groups in total. The minimum absolute atomic E-state index is 0.00440. The first-order valence-electron chi connectivity index (χ1n) is 11.1. The lowest BCUT2D eigenvalue weighted by Crippen LogP contribution is -2.52. The van der Waals surface area contributed by atoms with E-state index in [1.165, 1.54) is 0 Å². The lowest BCUT2D eigenvalue weighted by molar-refractivity contribution is -0.143. The van der Waals surface area contributed by atoms with Gasteiger partial charge in [-0.25, -0.2) is 8.42 Å². The van der Waals surface area contributed by atoms with Crippen LogP contribution in [0.25, 0.3) is 0 Å². The van der Waals surface area contributed by atoms with Crippen LogP contribution in [0.3, 0.4) is 0 Å². The molecule has 0 aromatic heterocycles. The van der Waals surface area contributed by atoms with Crippen LogP contribution in [0.1, 0.15) is 40.0 Å². The number of carbonyl (C=O) groups is 1. The number of nitrogens with zero attached hydrogens (tertiary/aromatic N) is 3. The number of sulfonamides is 1. The molecule has 2 heterocycles. The van der Waals surface area contributed by atoms with Crippen molar-refractivity contribution in [2.75, 3.05) is 50.5 Å². The monoisotopic (exact) mass is 452 g/mol. The zero-order chi connectivity index (χ0) is 22.8. The van der Waals surface area contributed by atoms with Gasteiger partial charge in [0.05, 0.1) is 28.5 Å². The van der Waals surface area contributed by atoms with Crippen molar-refractivity contribution in [3.8, 4) is 0 Å². The van der Waals surface area contributed by atoms with Crippen LogP contribution < -0.4 is 10.2 Å². The highest BCUT2D eigenvalue weighted by atomic mass is 32.2. The molecule has 2 aliphatic rings. The summed E-state index contributed by atoms with van der Waals surface area (Å²) in [5.74, 6) is -0.0176. The predicted molar refractivity (Wildman–Crippen MR) is 123 cm³/mol. The number of anilines is 2. The molecule has 0 aliphatic carbocycles. The van der Waals surface area contributed by atoms with Gasteiger partial charge in [0.1, 0.15) is 6.04 Å². The molecule has 0 spiro atoms. The Labute approximate surface area is 186 Å². The number of amides is 1. The van der Waals surface area contributed by atoms with Crippen molar-refractivity contribution in [1.82, 2.24) is 9.21 Å². The number of ether oxygens (including phenoxy) is 1. The fourth-order valence-electron chi connectivity index (χ4n) is 4.36. The van der Waals surface area contributed by atoms with Crippen LogP contribution in [-0.2, 0) is 19.6 Å². The molecule has 2 saturated heterocycles. The van der Waals surface area contributed by atoms with Crippen molar-refractivity contribution in [2.24, 2.45) is 0 Å². The van der Waals surface area contributed by atoms with Gasteiger partial charge >= 0.3 is 0 Å². The summed E-state index contributed by atoms with van der Waals surface area (Å²) in [6.45, 7) is 7.97. The Morgan fingerprint density at radius 1 is 1.13 bits per heavy atom. The Morgan fingerprint density at radius 2 is 1.74 bits per heavy atom. The van der Waals surface area contributed by atoms with E-state index in [9.17, 15) is 13.2 Å². The molecule has 0 bridgehead atoms. The van der Waals surface area contributed by atoms with E-state index in [1.54, 1.807) is 22.5 Å². The van der Waals surface area contributed by atoms with Crippen molar-refractivity contribution in [2.45, 2.75) is 63.2 Å². The van der Waals surface area contributed by atoms with Gasteiger partial charge in [0.2, 0.25) is 15.9 Å². The van der Waals surface area contributed by atoms with Crippen LogP contribution in [0.2, 0.25) is 0 Å². The van der Waals surface area contributed by atoms with E-state index in [-0.39, 0.29) is 23.0 Å². The molecule has 2 aliphatic heterocycles. The predicted octanol–water partition coefficient (Wildman–Crippen LogP) is 2.36. The number of benzene rings is 1. The van der Waals surface area contributed by atoms with Crippen LogP contribution >= 0.6 is 0 Å². The zero-order valence-electron chi connectivity index (χ0n) is 19.3. The van der Waals surface area contributed by atoms with Crippen molar-refractivity contribution in [1.29, 1.82) is 0 Å². The molecule has 0 radical (unpaired) electrons. The summed E-state index contributed by atoms with van der Waals surface area (Å²) in [5, 5.41) is 3.28. The highest BCUT2D eigenvalue weighted by Crippen LogP contribution is 2.30. The normalized spacial score (nSPS) is 24.0. The molecule has 1 aromatic rings. The Balaban J connectivity index is 1.83. The summed E-state index contributed by atoms with van der Waals surface area (Å²) in [4.78, 5) is 17.1. The van der Waals surface area contributed by atoms with Crippen molar-refractivity contribution < 1.29 is 17.9 Å². The first-order valence-corrected chi connectivity index (χ1v) is 12.6. The number of carbonyl (C=O) groups excluding carboxylic acids is 1. The number of hydrogen-bond donors (Lipinski definition) is 1. The first-order chi connectivity index (χ1) is 14.6. The average Bonchev–Trinajstić information content (AvgIpc) is 2.72. The molecule has 8 nitrogen and oxygen atoms in total. The zero-order valence-corrected chi connectivity index (χ0v) is 20.1. The molecule has 31 heavy (non-hydrogen) atoms. The van der Waals surface area contributed by atoms with Crippen molar-refractivity contribution in [3.63, 3.8) is 0 Å². The third-order valence-electron chi connectivity index (χ3n) is 5.88. The first kappa shape index (κ1) is 23.8. The minimum atomic E-state index is -3.56. The number of nitrogens with one attached hydrogen (secondary N) is 1. The highest BCUT2D eigenvalue weighted by molar-refractivity contribution is 7.89. The second-order valence-corrected chi connectivity index (χ2v) is 10.8. The van der Waals surface area contributed by atoms with Gasteiger partial charge in [-0.2, -0.15) is 4.31 Å². The Morgan fingerprint density at radius 3 is 2.32 bits per heavy atom. The van der Waals surface area contributed by atoms with Crippen LogP contribution in [-0.4, -0.2) is 82.1 Å². The molecule has 174 valence electrons. The lowest BCUT2D eigenvalue weighted by Gasteiger charge is -2.37. The second-order valence-electron chi connectivity index (χ2n) is 8.90. The smallest absolute Gasteiger partial charge is 0.244 e. The van der Waals surface area contributed by atoms with Crippen LogP contribution in [0, 0.1) is 0 Å². The number of piperidine rings is 1. The van der Waals surface area contributed by atoms with E-state index in [1.807, 2.05) is 44.7 Å². The summed E-state index contributed by atoms with van der Waals surface area (Å²) < 4.78 is 33.6. The van der Waals surface area contributed by atoms with E-state index in [0.29, 0.717) is 31.9 Å². The fourth-order valence-corrected chi connectivity index (χ4v) is 5.91. The van der Waals surface area contributed by atoms with Crippen LogP contribution in [0.5, 0.6) is 0 Å². The molecule has 9 heteroatoms. The Kier molecular flexibility index (Phi) is 7.49. The highest BCUT2D eigenvalue weighted by Gasteiger charge is 2.30. The molecule has 1 amide bonds. The van der Waals surface area contributed by atoms with Gasteiger partial charge in [-0.3, -0.25) is 4.79 Å². The largest absolute Gasteiger partial charge is 0.376 e. The van der Waals surface area contributed by atoms with Crippen LogP contribution in [0.4, 0.5) is 11.4 Å². The van der Waals surface area contributed by atoms with Crippen molar-refractivity contribution >= 4 is 27.3 Å². The van der Waals surface area contributed by atoms with Gasteiger partial charge < -0.3 is 19.9 Å². The summed E-state index contributed by atoms with van der Waals surface area (Å²) in [6.07, 6.45) is 2.84. The van der Waals surface area contributed by atoms with Gasteiger partial charge in [-0.05, 0) is 51.8 Å². The molecular formula is C22H36N4O4S. The molecular weight excluding hydrogens is 416 g/mol. The molecule has 1 aromatic carbocycles. The van der Waals surface area contributed by atoms with E-state index in [4.69, 9.17) is 4.74 Å². The third kappa shape index (κ3) is 5.51. The quantitative estimate of drug-likeness (QED) is 0.714. The van der Waals surface area contributed by atoms with Gasteiger partial charge in [0.15, 0.2) is 0 Å². The van der Waals surface area contributed by atoms with E-state index >= 15 is 0 Å². The molecule has 3 unspecified atom stereocenters. The van der Waals surface area contributed by atoms with Gasteiger partial charge in [-0.1, -0.05) is 6.42 Å². The van der Waals surface area contributed by atoms with Gasteiger partial charge in [-0.15, -0.1) is 0 Å². The summed E-state index contributed by atoms with van der Waals surface area (Å²) in [7, 11) is 0.245. The SMILES string of the molecule is CC1CN(C(=O)C(C)Nc2cc(S(=O)(=O)N3CCCCC3)ccc2N(C)C)CC(C)O1. The minimum Gasteiger partial charge on any atom is -0.376 e. The van der Waals surface area contributed by atoms with E-state index in [2.05, 4.69) is 5.32 Å². The number of rotatable bonds is 6.